The summed E-state index contributed by atoms with van der Waals surface area (Å²) >= 11 is 3.46. The molecule has 0 fully saturated rings. The van der Waals surface area contributed by atoms with Crippen molar-refractivity contribution < 1.29 is 0 Å². The zero-order valence-corrected chi connectivity index (χ0v) is 14.0. The maximum atomic E-state index is 6.21. The van der Waals surface area contributed by atoms with Crippen LogP contribution in [-0.4, -0.2) is 6.54 Å². The smallest absolute Gasteiger partial charge is 0.0295 e. The van der Waals surface area contributed by atoms with Crippen LogP contribution in [0.4, 0.5) is 0 Å². The van der Waals surface area contributed by atoms with E-state index in [1.54, 1.807) is 0 Å². The van der Waals surface area contributed by atoms with Gasteiger partial charge < -0.3 is 11.1 Å². The number of nitrogens with one attached hydrogen (secondary N) is 1. The van der Waals surface area contributed by atoms with Crippen LogP contribution >= 0.6 is 15.9 Å². The van der Waals surface area contributed by atoms with E-state index < -0.39 is 0 Å². The minimum atomic E-state index is 0.135. The maximum absolute atomic E-state index is 6.21. The molecule has 0 aliphatic heterocycles. The molecule has 2 aromatic carbocycles. The number of rotatable bonds is 7. The average molecular weight is 347 g/mol. The molecule has 2 aromatic rings. The van der Waals surface area contributed by atoms with Crippen molar-refractivity contribution in [2.75, 3.05) is 6.54 Å². The summed E-state index contributed by atoms with van der Waals surface area (Å²) in [7, 11) is 0. The average Bonchev–Trinajstić information content (AvgIpc) is 2.52. The SMILES string of the molecule is C[C@H](NCCCC(N)c1ccccc1)c1ccc(Br)cc1. The van der Waals surface area contributed by atoms with Crippen molar-refractivity contribution in [1.82, 2.24) is 5.32 Å². The van der Waals surface area contributed by atoms with Gasteiger partial charge in [0.2, 0.25) is 0 Å². The molecular formula is C18H23BrN2. The summed E-state index contributed by atoms with van der Waals surface area (Å²) < 4.78 is 1.12. The largest absolute Gasteiger partial charge is 0.324 e. The second-order valence-electron chi connectivity index (χ2n) is 5.39. The molecule has 0 aromatic heterocycles. The van der Waals surface area contributed by atoms with Crippen LogP contribution in [0.2, 0.25) is 0 Å². The Morgan fingerprint density at radius 3 is 2.33 bits per heavy atom. The molecule has 0 heterocycles. The summed E-state index contributed by atoms with van der Waals surface area (Å²) in [5.74, 6) is 0. The highest BCUT2D eigenvalue weighted by Crippen LogP contribution is 2.17. The molecule has 21 heavy (non-hydrogen) atoms. The van der Waals surface area contributed by atoms with Gasteiger partial charge in [-0.2, -0.15) is 0 Å². The summed E-state index contributed by atoms with van der Waals surface area (Å²) in [4.78, 5) is 0. The highest BCUT2D eigenvalue weighted by atomic mass is 79.9. The molecule has 0 bridgehead atoms. The highest BCUT2D eigenvalue weighted by Gasteiger charge is 2.07. The Hall–Kier alpha value is -1.16. The first-order chi connectivity index (χ1) is 10.2. The molecule has 2 atom stereocenters. The number of halogens is 1. The topological polar surface area (TPSA) is 38.0 Å². The molecule has 0 spiro atoms. The Bertz CT molecular complexity index is 525. The third kappa shape index (κ3) is 5.27. The molecule has 2 rings (SSSR count). The molecule has 3 heteroatoms. The van der Waals surface area contributed by atoms with Gasteiger partial charge in [-0.25, -0.2) is 0 Å². The number of hydrogen-bond donors (Lipinski definition) is 2. The third-order valence-corrected chi connectivity index (χ3v) is 4.27. The Labute approximate surface area is 135 Å². The van der Waals surface area contributed by atoms with Gasteiger partial charge in [-0.15, -0.1) is 0 Å². The van der Waals surface area contributed by atoms with E-state index in [-0.39, 0.29) is 6.04 Å². The van der Waals surface area contributed by atoms with Crippen LogP contribution in [0.3, 0.4) is 0 Å². The molecule has 0 saturated carbocycles. The van der Waals surface area contributed by atoms with Crippen molar-refractivity contribution >= 4 is 15.9 Å². The quantitative estimate of drug-likeness (QED) is 0.720. The first-order valence-electron chi connectivity index (χ1n) is 7.46. The fourth-order valence-electron chi connectivity index (χ4n) is 2.38. The fraction of sp³-hybridized carbons (Fsp3) is 0.333. The van der Waals surface area contributed by atoms with Crippen LogP contribution in [0, 0.1) is 0 Å². The second kappa shape index (κ2) is 8.32. The second-order valence-corrected chi connectivity index (χ2v) is 6.30. The Kier molecular flexibility index (Phi) is 6.43. The monoisotopic (exact) mass is 346 g/mol. The summed E-state index contributed by atoms with van der Waals surface area (Å²) in [6.45, 7) is 3.18. The predicted octanol–water partition coefficient (Wildman–Crippen LogP) is 4.58. The minimum Gasteiger partial charge on any atom is -0.324 e. The van der Waals surface area contributed by atoms with Gasteiger partial charge >= 0.3 is 0 Å². The summed E-state index contributed by atoms with van der Waals surface area (Å²) in [5.41, 5.74) is 8.74. The van der Waals surface area contributed by atoms with Gasteiger partial charge in [-0.05, 0) is 49.6 Å². The number of benzene rings is 2. The highest BCUT2D eigenvalue weighted by molar-refractivity contribution is 9.10. The molecule has 112 valence electrons. The van der Waals surface area contributed by atoms with Gasteiger partial charge in [-0.1, -0.05) is 58.4 Å². The summed E-state index contributed by atoms with van der Waals surface area (Å²) in [6, 6.07) is 19.3. The van der Waals surface area contributed by atoms with E-state index in [9.17, 15) is 0 Å². The molecule has 1 unspecified atom stereocenters. The summed E-state index contributed by atoms with van der Waals surface area (Å²) in [5, 5.41) is 3.55. The van der Waals surface area contributed by atoms with Crippen molar-refractivity contribution in [2.24, 2.45) is 5.73 Å². The molecule has 0 radical (unpaired) electrons. The van der Waals surface area contributed by atoms with Gasteiger partial charge in [0.05, 0.1) is 0 Å². The number of hydrogen-bond acceptors (Lipinski definition) is 2. The van der Waals surface area contributed by atoms with E-state index in [0.717, 1.165) is 23.9 Å². The Morgan fingerprint density at radius 2 is 1.67 bits per heavy atom. The van der Waals surface area contributed by atoms with Crippen molar-refractivity contribution in [1.29, 1.82) is 0 Å². The molecule has 0 amide bonds. The third-order valence-electron chi connectivity index (χ3n) is 3.74. The van der Waals surface area contributed by atoms with Gasteiger partial charge in [0.25, 0.3) is 0 Å². The fourth-order valence-corrected chi connectivity index (χ4v) is 2.64. The molecule has 0 aliphatic rings. The van der Waals surface area contributed by atoms with E-state index in [1.807, 2.05) is 18.2 Å². The van der Waals surface area contributed by atoms with Crippen molar-refractivity contribution in [3.63, 3.8) is 0 Å². The van der Waals surface area contributed by atoms with Crippen LogP contribution in [-0.2, 0) is 0 Å². The van der Waals surface area contributed by atoms with Gasteiger partial charge in [-0.3, -0.25) is 0 Å². The van der Waals surface area contributed by atoms with E-state index >= 15 is 0 Å². The van der Waals surface area contributed by atoms with Gasteiger partial charge in [0.15, 0.2) is 0 Å². The van der Waals surface area contributed by atoms with E-state index in [0.29, 0.717) is 6.04 Å². The lowest BCUT2D eigenvalue weighted by Gasteiger charge is -2.16. The standard InChI is InChI=1S/C18H23BrN2/c1-14(15-9-11-17(19)12-10-15)21-13-5-8-18(20)16-6-3-2-4-7-16/h2-4,6-7,9-12,14,18,21H,5,8,13,20H2,1H3/t14-,18?/m0/s1. The van der Waals surface area contributed by atoms with Crippen LogP contribution in [0.25, 0.3) is 0 Å². The Balaban J connectivity index is 1.71. The molecule has 0 saturated heterocycles. The lowest BCUT2D eigenvalue weighted by molar-refractivity contribution is 0.521. The molecule has 0 aliphatic carbocycles. The van der Waals surface area contributed by atoms with Crippen LogP contribution in [0.15, 0.2) is 59.1 Å². The molecule has 3 N–H and O–H groups in total. The van der Waals surface area contributed by atoms with Crippen molar-refractivity contribution in [3.05, 3.63) is 70.2 Å². The Morgan fingerprint density at radius 1 is 1.00 bits per heavy atom. The molecular weight excluding hydrogens is 324 g/mol. The van der Waals surface area contributed by atoms with Gasteiger partial charge in [0.1, 0.15) is 0 Å². The minimum absolute atomic E-state index is 0.135. The normalized spacial score (nSPS) is 13.9. The lowest BCUT2D eigenvalue weighted by Crippen LogP contribution is -2.21. The van der Waals surface area contributed by atoms with Crippen molar-refractivity contribution in [2.45, 2.75) is 31.8 Å². The first kappa shape index (κ1) is 16.2. The van der Waals surface area contributed by atoms with E-state index in [2.05, 4.69) is 64.6 Å². The lowest BCUT2D eigenvalue weighted by atomic mass is 10.0. The van der Waals surface area contributed by atoms with E-state index in [1.165, 1.54) is 11.1 Å². The van der Waals surface area contributed by atoms with Crippen LogP contribution < -0.4 is 11.1 Å². The molecule has 2 nitrogen and oxygen atoms in total. The van der Waals surface area contributed by atoms with Crippen LogP contribution in [0.1, 0.15) is 43.0 Å². The zero-order chi connectivity index (χ0) is 15.1. The maximum Gasteiger partial charge on any atom is 0.0295 e. The predicted molar refractivity (Wildman–Crippen MR) is 93.2 cm³/mol. The zero-order valence-electron chi connectivity index (χ0n) is 12.4. The van der Waals surface area contributed by atoms with Crippen molar-refractivity contribution in [3.8, 4) is 0 Å². The summed E-state index contributed by atoms with van der Waals surface area (Å²) in [6.07, 6.45) is 2.08. The van der Waals surface area contributed by atoms with Crippen LogP contribution in [0.5, 0.6) is 0 Å². The van der Waals surface area contributed by atoms with Gasteiger partial charge in [0, 0.05) is 16.6 Å². The first-order valence-corrected chi connectivity index (χ1v) is 8.25. The van der Waals surface area contributed by atoms with E-state index in [4.69, 9.17) is 5.73 Å². The number of nitrogens with two attached hydrogens (primary N) is 1.